The fourth-order valence-corrected chi connectivity index (χ4v) is 7.06. The summed E-state index contributed by atoms with van der Waals surface area (Å²) in [6.07, 6.45) is 6.50. The number of hydrogen-bond donors (Lipinski definition) is 1. The SMILES string of the molecule is Cc1ccc(O)c(C(=O)OC2(C)CC3CC2C2C4CCC(C4)C32)c1. The summed E-state index contributed by atoms with van der Waals surface area (Å²) in [5.41, 5.74) is 0.929. The van der Waals surface area contributed by atoms with Crippen molar-refractivity contribution in [2.45, 2.75) is 51.6 Å². The van der Waals surface area contributed by atoms with Crippen LogP contribution in [0.5, 0.6) is 5.75 Å². The molecule has 7 atom stereocenters. The van der Waals surface area contributed by atoms with Crippen LogP contribution in [0.25, 0.3) is 0 Å². The average molecular weight is 326 g/mol. The van der Waals surface area contributed by atoms with Crippen LogP contribution in [0.4, 0.5) is 0 Å². The number of esters is 1. The Morgan fingerprint density at radius 2 is 1.92 bits per heavy atom. The fraction of sp³-hybridized carbons (Fsp3) is 0.667. The Bertz CT molecular complexity index is 711. The zero-order valence-electron chi connectivity index (χ0n) is 14.5. The van der Waals surface area contributed by atoms with Crippen molar-refractivity contribution in [3.63, 3.8) is 0 Å². The monoisotopic (exact) mass is 326 g/mol. The molecular weight excluding hydrogens is 300 g/mol. The predicted octanol–water partition coefficient (Wildman–Crippen LogP) is 4.32. The molecule has 5 rings (SSSR count). The maximum atomic E-state index is 12.7. The van der Waals surface area contributed by atoms with E-state index in [1.165, 1.54) is 25.7 Å². The number of ether oxygens (including phenoxy) is 1. The highest BCUT2D eigenvalue weighted by Gasteiger charge is 2.66. The van der Waals surface area contributed by atoms with Gasteiger partial charge in [0.25, 0.3) is 0 Å². The highest BCUT2D eigenvalue weighted by atomic mass is 16.6. The lowest BCUT2D eigenvalue weighted by atomic mass is 9.66. The lowest BCUT2D eigenvalue weighted by Crippen LogP contribution is -2.45. The van der Waals surface area contributed by atoms with Crippen molar-refractivity contribution in [2.24, 2.45) is 35.5 Å². The molecule has 1 aromatic carbocycles. The number of phenols is 1. The van der Waals surface area contributed by atoms with Crippen LogP contribution in [-0.2, 0) is 4.74 Å². The largest absolute Gasteiger partial charge is 0.507 e. The second-order valence-corrected chi connectivity index (χ2v) is 9.02. The summed E-state index contributed by atoms with van der Waals surface area (Å²) in [4.78, 5) is 12.7. The number of hydrogen-bond acceptors (Lipinski definition) is 3. The van der Waals surface area contributed by atoms with Crippen LogP contribution in [0.2, 0.25) is 0 Å². The molecule has 1 N–H and O–H groups in total. The summed E-state index contributed by atoms with van der Waals surface area (Å²) in [7, 11) is 0. The van der Waals surface area contributed by atoms with Gasteiger partial charge in [0.2, 0.25) is 0 Å². The molecule has 4 aliphatic rings. The van der Waals surface area contributed by atoms with Crippen molar-refractivity contribution < 1.29 is 14.6 Å². The van der Waals surface area contributed by atoms with Gasteiger partial charge in [-0.15, -0.1) is 0 Å². The number of aromatic hydroxyl groups is 1. The van der Waals surface area contributed by atoms with Gasteiger partial charge in [0.15, 0.2) is 0 Å². The molecule has 0 saturated heterocycles. The minimum Gasteiger partial charge on any atom is -0.507 e. The van der Waals surface area contributed by atoms with Crippen LogP contribution in [0.3, 0.4) is 0 Å². The number of benzene rings is 1. The molecule has 0 amide bonds. The maximum absolute atomic E-state index is 12.7. The number of phenolic OH excluding ortho intramolecular Hbond substituents is 1. The van der Waals surface area contributed by atoms with Gasteiger partial charge in [0, 0.05) is 5.92 Å². The summed E-state index contributed by atoms with van der Waals surface area (Å²) in [5.74, 6) is 4.47. The second-order valence-electron chi connectivity index (χ2n) is 9.02. The zero-order valence-corrected chi connectivity index (χ0v) is 14.5. The van der Waals surface area contributed by atoms with E-state index >= 15 is 0 Å². The van der Waals surface area contributed by atoms with Crippen molar-refractivity contribution in [3.05, 3.63) is 29.3 Å². The van der Waals surface area contributed by atoms with Crippen molar-refractivity contribution in [1.29, 1.82) is 0 Å². The quantitative estimate of drug-likeness (QED) is 0.650. The Hall–Kier alpha value is -1.51. The molecule has 4 bridgehead atoms. The minimum absolute atomic E-state index is 0.0233. The maximum Gasteiger partial charge on any atom is 0.342 e. The van der Waals surface area contributed by atoms with Gasteiger partial charge in [-0.25, -0.2) is 4.79 Å². The first-order valence-corrected chi connectivity index (χ1v) is 9.49. The van der Waals surface area contributed by atoms with Crippen LogP contribution in [0.15, 0.2) is 18.2 Å². The number of fused-ring (bicyclic) bond motifs is 9. The van der Waals surface area contributed by atoms with E-state index in [9.17, 15) is 9.90 Å². The topological polar surface area (TPSA) is 46.5 Å². The highest BCUT2D eigenvalue weighted by molar-refractivity contribution is 5.92. The Labute approximate surface area is 143 Å². The second kappa shape index (κ2) is 4.77. The molecule has 7 unspecified atom stereocenters. The number of aryl methyl sites for hydroxylation is 1. The third kappa shape index (κ3) is 1.87. The summed E-state index contributed by atoms with van der Waals surface area (Å²) in [5, 5.41) is 10.0. The van der Waals surface area contributed by atoms with Gasteiger partial charge >= 0.3 is 5.97 Å². The van der Waals surface area contributed by atoms with Crippen molar-refractivity contribution in [1.82, 2.24) is 0 Å². The van der Waals surface area contributed by atoms with E-state index in [1.54, 1.807) is 12.1 Å². The van der Waals surface area contributed by atoms with Crippen LogP contribution in [0, 0.1) is 42.4 Å². The molecule has 4 aliphatic carbocycles. The van der Waals surface area contributed by atoms with Crippen LogP contribution >= 0.6 is 0 Å². The minimum atomic E-state index is -0.356. The lowest BCUT2D eigenvalue weighted by Gasteiger charge is -2.44. The molecule has 3 nitrogen and oxygen atoms in total. The summed E-state index contributed by atoms with van der Waals surface area (Å²) in [6, 6.07) is 5.13. The van der Waals surface area contributed by atoms with Gasteiger partial charge in [-0.3, -0.25) is 0 Å². The fourth-order valence-electron chi connectivity index (χ4n) is 7.06. The van der Waals surface area contributed by atoms with Crippen molar-refractivity contribution in [2.75, 3.05) is 0 Å². The Kier molecular flexibility index (Phi) is 2.94. The molecular formula is C21H26O3. The van der Waals surface area contributed by atoms with E-state index in [1.807, 2.05) is 13.0 Å². The smallest absolute Gasteiger partial charge is 0.342 e. The van der Waals surface area contributed by atoms with Crippen LogP contribution < -0.4 is 0 Å². The third-order valence-corrected chi connectivity index (χ3v) is 7.76. The van der Waals surface area contributed by atoms with E-state index < -0.39 is 0 Å². The van der Waals surface area contributed by atoms with Gasteiger partial charge in [0.05, 0.1) is 0 Å². The van der Waals surface area contributed by atoms with E-state index in [0.717, 1.165) is 41.6 Å². The molecule has 0 heterocycles. The molecule has 24 heavy (non-hydrogen) atoms. The summed E-state index contributed by atoms with van der Waals surface area (Å²) < 4.78 is 6.07. The van der Waals surface area contributed by atoms with E-state index in [2.05, 4.69) is 6.92 Å². The third-order valence-electron chi connectivity index (χ3n) is 7.76. The van der Waals surface area contributed by atoms with Gasteiger partial charge in [0.1, 0.15) is 16.9 Å². The van der Waals surface area contributed by atoms with Crippen LogP contribution in [0.1, 0.15) is 54.9 Å². The molecule has 0 spiro atoms. The standard InChI is InChI=1S/C21H26O3/c1-11-3-6-17(22)15(7-11)20(23)24-21(2)10-14-9-16(21)19-13-5-4-12(8-13)18(14)19/h3,6-7,12-14,16,18-19,22H,4-5,8-10H2,1-2H3. The number of rotatable bonds is 2. The molecule has 3 heteroatoms. The van der Waals surface area contributed by atoms with Gasteiger partial charge < -0.3 is 9.84 Å². The van der Waals surface area contributed by atoms with E-state index in [4.69, 9.17) is 4.74 Å². The Balaban J connectivity index is 1.40. The number of carbonyl (C=O) groups is 1. The average Bonchev–Trinajstić information content (AvgIpc) is 3.26. The van der Waals surface area contributed by atoms with Gasteiger partial charge in [-0.05, 0) is 87.7 Å². The van der Waals surface area contributed by atoms with Crippen molar-refractivity contribution in [3.8, 4) is 5.75 Å². The molecule has 0 aromatic heterocycles. The predicted molar refractivity (Wildman–Crippen MR) is 90.7 cm³/mol. The molecule has 0 radical (unpaired) electrons. The van der Waals surface area contributed by atoms with E-state index in [-0.39, 0.29) is 17.3 Å². The van der Waals surface area contributed by atoms with E-state index in [0.29, 0.717) is 11.5 Å². The molecule has 0 aliphatic heterocycles. The summed E-state index contributed by atoms with van der Waals surface area (Å²) >= 11 is 0. The highest BCUT2D eigenvalue weighted by Crippen LogP contribution is 2.70. The van der Waals surface area contributed by atoms with Gasteiger partial charge in [-0.2, -0.15) is 0 Å². The number of carbonyl (C=O) groups excluding carboxylic acids is 1. The van der Waals surface area contributed by atoms with Crippen LogP contribution in [-0.4, -0.2) is 16.7 Å². The normalized spacial score (nSPS) is 44.8. The molecule has 128 valence electrons. The molecule has 4 fully saturated rings. The zero-order chi connectivity index (χ0) is 16.6. The Morgan fingerprint density at radius 3 is 2.71 bits per heavy atom. The first-order valence-electron chi connectivity index (χ1n) is 9.49. The Morgan fingerprint density at radius 1 is 1.17 bits per heavy atom. The van der Waals surface area contributed by atoms with Crippen molar-refractivity contribution >= 4 is 5.97 Å². The molecule has 1 aromatic rings. The first kappa shape index (κ1) is 14.8. The van der Waals surface area contributed by atoms with Gasteiger partial charge in [-0.1, -0.05) is 11.6 Å². The summed E-state index contributed by atoms with van der Waals surface area (Å²) in [6.45, 7) is 4.07. The first-order chi connectivity index (χ1) is 11.5. The molecule has 4 saturated carbocycles. The lowest BCUT2D eigenvalue weighted by molar-refractivity contribution is -0.0707.